The molecule has 0 unspecified atom stereocenters. The van der Waals surface area contributed by atoms with Gasteiger partial charge in [-0.05, 0) is 30.7 Å². The molecular formula is C15H17N3OS3. The predicted molar refractivity (Wildman–Crippen MR) is 94.1 cm³/mol. The third-order valence-corrected chi connectivity index (χ3v) is 6.54. The number of carbonyl (C=O) groups excluding carboxylic acids is 1. The van der Waals surface area contributed by atoms with Crippen molar-refractivity contribution in [1.82, 2.24) is 10.2 Å². The summed E-state index contributed by atoms with van der Waals surface area (Å²) >= 11 is 4.75. The van der Waals surface area contributed by atoms with E-state index in [1.165, 1.54) is 17.3 Å². The number of anilines is 1. The van der Waals surface area contributed by atoms with Crippen molar-refractivity contribution in [3.05, 3.63) is 29.8 Å². The fourth-order valence-electron chi connectivity index (χ4n) is 2.41. The Morgan fingerprint density at radius 3 is 2.95 bits per heavy atom. The summed E-state index contributed by atoms with van der Waals surface area (Å²) in [6.45, 7) is 4.81. The van der Waals surface area contributed by atoms with Crippen LogP contribution in [0.5, 0.6) is 0 Å². The highest BCUT2D eigenvalue weighted by atomic mass is 32.2. The molecule has 2 aromatic rings. The number of aromatic nitrogens is 2. The van der Waals surface area contributed by atoms with Crippen LogP contribution in [0.2, 0.25) is 0 Å². The van der Waals surface area contributed by atoms with E-state index >= 15 is 0 Å². The lowest BCUT2D eigenvalue weighted by Crippen LogP contribution is -2.35. The van der Waals surface area contributed by atoms with E-state index in [-0.39, 0.29) is 11.2 Å². The molecule has 0 spiro atoms. The van der Waals surface area contributed by atoms with Gasteiger partial charge in [0.2, 0.25) is 5.91 Å². The van der Waals surface area contributed by atoms with Crippen molar-refractivity contribution < 1.29 is 4.79 Å². The first-order valence-electron chi connectivity index (χ1n) is 7.21. The van der Waals surface area contributed by atoms with E-state index in [0.29, 0.717) is 0 Å². The molecule has 4 nitrogen and oxygen atoms in total. The maximum Gasteiger partial charge on any atom is 0.240 e. The normalized spacial score (nSPS) is 14.9. The molecule has 0 radical (unpaired) electrons. The monoisotopic (exact) mass is 351 g/mol. The van der Waals surface area contributed by atoms with Gasteiger partial charge in [0.1, 0.15) is 0 Å². The van der Waals surface area contributed by atoms with E-state index in [1.807, 2.05) is 30.0 Å². The molecule has 0 aliphatic carbocycles. The van der Waals surface area contributed by atoms with Crippen LogP contribution in [-0.2, 0) is 11.2 Å². The van der Waals surface area contributed by atoms with Gasteiger partial charge in [0, 0.05) is 12.2 Å². The smallest absolute Gasteiger partial charge is 0.240 e. The van der Waals surface area contributed by atoms with Crippen molar-refractivity contribution >= 4 is 46.5 Å². The predicted octanol–water partition coefficient (Wildman–Crippen LogP) is 3.72. The molecule has 7 heteroatoms. The summed E-state index contributed by atoms with van der Waals surface area (Å²) < 4.78 is 1.83. The molecule has 116 valence electrons. The Balaban J connectivity index is 1.67. The maximum absolute atomic E-state index is 12.7. The molecule has 0 fully saturated rings. The van der Waals surface area contributed by atoms with Crippen LogP contribution in [0.15, 0.2) is 32.9 Å². The van der Waals surface area contributed by atoms with Crippen molar-refractivity contribution in [3.63, 3.8) is 0 Å². The van der Waals surface area contributed by atoms with Crippen LogP contribution in [0.25, 0.3) is 0 Å². The Labute approximate surface area is 142 Å². The van der Waals surface area contributed by atoms with Crippen LogP contribution in [0.4, 0.5) is 5.69 Å². The van der Waals surface area contributed by atoms with Gasteiger partial charge in [-0.25, -0.2) is 0 Å². The number of para-hydroxylation sites is 1. The Hall–Kier alpha value is -1.05. The summed E-state index contributed by atoms with van der Waals surface area (Å²) in [5, 5.41) is 8.15. The molecule has 2 heterocycles. The lowest BCUT2D eigenvalue weighted by Gasteiger charge is -2.20. The fourth-order valence-corrected chi connectivity index (χ4v) is 5.54. The van der Waals surface area contributed by atoms with Crippen molar-refractivity contribution in [2.75, 3.05) is 17.2 Å². The maximum atomic E-state index is 12.7. The van der Waals surface area contributed by atoms with Gasteiger partial charge in [0.15, 0.2) is 8.68 Å². The Kier molecular flexibility index (Phi) is 5.05. The van der Waals surface area contributed by atoms with Gasteiger partial charge in [-0.15, -0.1) is 10.2 Å². The molecule has 1 atom stereocenters. The van der Waals surface area contributed by atoms with Crippen molar-refractivity contribution in [2.24, 2.45) is 0 Å². The number of thioether (sulfide) groups is 2. The number of rotatable bonds is 5. The molecule has 22 heavy (non-hydrogen) atoms. The lowest BCUT2D eigenvalue weighted by atomic mass is 10.2. The van der Waals surface area contributed by atoms with Gasteiger partial charge < -0.3 is 4.90 Å². The zero-order valence-corrected chi connectivity index (χ0v) is 14.9. The van der Waals surface area contributed by atoms with Crippen LogP contribution in [0.3, 0.4) is 0 Å². The van der Waals surface area contributed by atoms with Crippen LogP contribution in [-0.4, -0.2) is 33.7 Å². The van der Waals surface area contributed by atoms with Gasteiger partial charge in [0.25, 0.3) is 0 Å². The zero-order chi connectivity index (χ0) is 15.5. The number of benzene rings is 1. The average Bonchev–Trinajstić information content (AvgIpc) is 3.13. The van der Waals surface area contributed by atoms with E-state index < -0.39 is 0 Å². The van der Waals surface area contributed by atoms with Crippen molar-refractivity contribution in [1.29, 1.82) is 0 Å². The second-order valence-electron chi connectivity index (χ2n) is 4.90. The number of nitrogens with zero attached hydrogens (tertiary/aromatic N) is 3. The van der Waals surface area contributed by atoms with E-state index in [9.17, 15) is 4.79 Å². The van der Waals surface area contributed by atoms with E-state index in [4.69, 9.17) is 0 Å². The summed E-state index contributed by atoms with van der Waals surface area (Å²) in [5.41, 5.74) is 2.31. The molecule has 1 amide bonds. The molecule has 3 rings (SSSR count). The summed E-state index contributed by atoms with van der Waals surface area (Å²) in [6, 6.07) is 8.14. The molecule has 1 aromatic carbocycles. The first-order valence-corrected chi connectivity index (χ1v) is 9.89. The van der Waals surface area contributed by atoms with Crippen LogP contribution in [0, 0.1) is 0 Å². The van der Waals surface area contributed by atoms with E-state index in [0.717, 1.165) is 33.1 Å². The number of hydrogen-bond donors (Lipinski definition) is 0. The first-order chi connectivity index (χ1) is 10.7. The van der Waals surface area contributed by atoms with Crippen molar-refractivity contribution in [2.45, 2.75) is 34.2 Å². The van der Waals surface area contributed by atoms with Gasteiger partial charge >= 0.3 is 0 Å². The molecule has 0 N–H and O–H groups in total. The van der Waals surface area contributed by atoms with Gasteiger partial charge in [-0.2, -0.15) is 0 Å². The second kappa shape index (κ2) is 7.02. The number of amides is 1. The Bertz CT molecular complexity index is 674. The number of fused-ring (bicyclic) bond motifs is 1. The number of carbonyl (C=O) groups is 1. The average molecular weight is 352 g/mol. The lowest BCUT2D eigenvalue weighted by molar-refractivity contribution is -0.117. The molecule has 1 aliphatic heterocycles. The standard InChI is InChI=1S/C15H17N3OS3/c1-3-20-14-16-17-15(22-14)21-10(2)13(19)18-9-8-11-6-4-5-7-12(11)18/h4-7,10H,3,8-9H2,1-2H3/t10-/m0/s1. The molecule has 0 bridgehead atoms. The molecule has 0 saturated carbocycles. The summed E-state index contributed by atoms with van der Waals surface area (Å²) in [5.74, 6) is 1.13. The summed E-state index contributed by atoms with van der Waals surface area (Å²) in [4.78, 5) is 14.6. The third kappa shape index (κ3) is 3.31. The number of hydrogen-bond acceptors (Lipinski definition) is 6. The highest BCUT2D eigenvalue weighted by Crippen LogP contribution is 2.34. The largest absolute Gasteiger partial charge is 0.311 e. The molecular weight excluding hydrogens is 334 g/mol. The Morgan fingerprint density at radius 1 is 1.36 bits per heavy atom. The zero-order valence-electron chi connectivity index (χ0n) is 12.5. The van der Waals surface area contributed by atoms with E-state index in [2.05, 4.69) is 23.2 Å². The molecule has 1 aliphatic rings. The van der Waals surface area contributed by atoms with E-state index in [1.54, 1.807) is 23.1 Å². The highest BCUT2D eigenvalue weighted by Gasteiger charge is 2.28. The van der Waals surface area contributed by atoms with Crippen LogP contribution >= 0.6 is 34.9 Å². The summed E-state index contributed by atoms with van der Waals surface area (Å²) in [7, 11) is 0. The topological polar surface area (TPSA) is 46.1 Å². The Morgan fingerprint density at radius 2 is 2.14 bits per heavy atom. The first kappa shape index (κ1) is 15.8. The third-order valence-electron chi connectivity index (χ3n) is 3.43. The molecule has 1 aromatic heterocycles. The minimum absolute atomic E-state index is 0.148. The van der Waals surface area contributed by atoms with Gasteiger partial charge in [-0.1, -0.05) is 60.0 Å². The fraction of sp³-hybridized carbons (Fsp3) is 0.400. The van der Waals surface area contributed by atoms with Gasteiger partial charge in [-0.3, -0.25) is 4.79 Å². The molecule has 0 saturated heterocycles. The minimum Gasteiger partial charge on any atom is -0.311 e. The highest BCUT2D eigenvalue weighted by molar-refractivity contribution is 8.03. The van der Waals surface area contributed by atoms with Crippen LogP contribution in [0.1, 0.15) is 19.4 Å². The van der Waals surface area contributed by atoms with Crippen LogP contribution < -0.4 is 4.90 Å². The SMILES string of the molecule is CCSc1nnc(S[C@@H](C)C(=O)N2CCc3ccccc32)s1. The van der Waals surface area contributed by atoms with Crippen molar-refractivity contribution in [3.8, 4) is 0 Å². The quantitative estimate of drug-likeness (QED) is 0.768. The van der Waals surface area contributed by atoms with Gasteiger partial charge in [0.05, 0.1) is 5.25 Å². The minimum atomic E-state index is -0.154. The second-order valence-corrected chi connectivity index (χ2v) is 8.97. The summed E-state index contributed by atoms with van der Waals surface area (Å²) in [6.07, 6.45) is 0.940.